The SMILES string of the molecule is CNC(=O)c1ccc(Oc2ccc(C3(C(F)(F)C(F)(F)F)CC3)cc2)c(F)c1. The summed E-state index contributed by atoms with van der Waals surface area (Å²) < 4.78 is 85.3. The van der Waals surface area contributed by atoms with Crippen LogP contribution in [0, 0.1) is 5.82 Å². The minimum Gasteiger partial charge on any atom is -0.454 e. The minimum atomic E-state index is -5.64. The van der Waals surface area contributed by atoms with Crippen molar-refractivity contribution < 1.29 is 35.9 Å². The zero-order chi connectivity index (χ0) is 20.7. The van der Waals surface area contributed by atoms with E-state index in [0.29, 0.717) is 0 Å². The molecule has 9 heteroatoms. The molecule has 0 spiro atoms. The van der Waals surface area contributed by atoms with E-state index in [1.807, 2.05) is 0 Å². The number of ether oxygens (including phenoxy) is 1. The topological polar surface area (TPSA) is 38.3 Å². The van der Waals surface area contributed by atoms with Crippen LogP contribution >= 0.6 is 0 Å². The third kappa shape index (κ3) is 3.29. The molecule has 3 nitrogen and oxygen atoms in total. The molecule has 1 amide bonds. The fraction of sp³-hybridized carbons (Fsp3) is 0.316. The summed E-state index contributed by atoms with van der Waals surface area (Å²) in [6.45, 7) is 0. The summed E-state index contributed by atoms with van der Waals surface area (Å²) in [5.41, 5.74) is -2.35. The largest absolute Gasteiger partial charge is 0.454 e. The first-order chi connectivity index (χ1) is 13.0. The molecule has 3 rings (SSSR count). The van der Waals surface area contributed by atoms with Gasteiger partial charge in [0.1, 0.15) is 5.75 Å². The fourth-order valence-electron chi connectivity index (χ4n) is 3.02. The zero-order valence-corrected chi connectivity index (χ0v) is 14.5. The molecule has 2 aromatic carbocycles. The van der Waals surface area contributed by atoms with Crippen LogP contribution < -0.4 is 10.1 Å². The van der Waals surface area contributed by atoms with Crippen LogP contribution in [0.5, 0.6) is 11.5 Å². The van der Waals surface area contributed by atoms with Crippen LogP contribution in [0.25, 0.3) is 0 Å². The molecule has 0 bridgehead atoms. The van der Waals surface area contributed by atoms with Crippen LogP contribution in [-0.2, 0) is 5.41 Å². The second-order valence-electron chi connectivity index (χ2n) is 6.51. The van der Waals surface area contributed by atoms with E-state index in [1.165, 1.54) is 31.3 Å². The Bertz CT molecular complexity index is 888. The molecule has 1 fully saturated rings. The average Bonchev–Trinajstić information content (AvgIpc) is 3.45. The number of hydrogen-bond donors (Lipinski definition) is 1. The first-order valence-electron chi connectivity index (χ1n) is 8.26. The van der Waals surface area contributed by atoms with Crippen LogP contribution in [0.3, 0.4) is 0 Å². The van der Waals surface area contributed by atoms with Crippen LogP contribution in [0.4, 0.5) is 26.3 Å². The number of carbonyl (C=O) groups excluding carboxylic acids is 1. The lowest BCUT2D eigenvalue weighted by atomic mass is 9.88. The highest BCUT2D eigenvalue weighted by Crippen LogP contribution is 2.63. The number of halogens is 6. The maximum Gasteiger partial charge on any atom is 0.454 e. The van der Waals surface area contributed by atoms with Gasteiger partial charge in [-0.05, 0) is 48.7 Å². The second-order valence-corrected chi connectivity index (χ2v) is 6.51. The van der Waals surface area contributed by atoms with Crippen molar-refractivity contribution in [3.05, 3.63) is 59.4 Å². The van der Waals surface area contributed by atoms with Gasteiger partial charge in [0.05, 0.1) is 5.41 Å². The number of carbonyl (C=O) groups is 1. The van der Waals surface area contributed by atoms with Gasteiger partial charge in [-0.25, -0.2) is 4.39 Å². The molecule has 28 heavy (non-hydrogen) atoms. The van der Waals surface area contributed by atoms with Crippen molar-refractivity contribution in [2.75, 3.05) is 7.05 Å². The molecular formula is C19H15F6NO2. The van der Waals surface area contributed by atoms with Gasteiger partial charge in [-0.1, -0.05) is 12.1 Å². The van der Waals surface area contributed by atoms with Gasteiger partial charge in [-0.15, -0.1) is 0 Å². The highest BCUT2D eigenvalue weighted by atomic mass is 19.4. The molecular weight excluding hydrogens is 388 g/mol. The molecule has 0 heterocycles. The minimum absolute atomic E-state index is 0.0569. The maximum absolute atomic E-state index is 14.1. The summed E-state index contributed by atoms with van der Waals surface area (Å²) >= 11 is 0. The third-order valence-corrected chi connectivity index (χ3v) is 4.76. The fourth-order valence-corrected chi connectivity index (χ4v) is 3.02. The Balaban J connectivity index is 1.80. The van der Waals surface area contributed by atoms with Crippen LogP contribution in [0.1, 0.15) is 28.8 Å². The highest BCUT2D eigenvalue weighted by molar-refractivity contribution is 5.94. The molecule has 0 saturated heterocycles. The monoisotopic (exact) mass is 403 g/mol. The third-order valence-electron chi connectivity index (χ3n) is 4.76. The van der Waals surface area contributed by atoms with Gasteiger partial charge in [0.15, 0.2) is 11.6 Å². The van der Waals surface area contributed by atoms with Gasteiger partial charge < -0.3 is 10.1 Å². The van der Waals surface area contributed by atoms with Crippen molar-refractivity contribution in [2.24, 2.45) is 0 Å². The highest BCUT2D eigenvalue weighted by Gasteiger charge is 2.75. The Morgan fingerprint density at radius 2 is 1.64 bits per heavy atom. The van der Waals surface area contributed by atoms with E-state index in [-0.39, 0.29) is 35.5 Å². The van der Waals surface area contributed by atoms with E-state index in [2.05, 4.69) is 5.32 Å². The Labute approximate surface area is 156 Å². The van der Waals surface area contributed by atoms with Gasteiger partial charge in [0.2, 0.25) is 0 Å². The van der Waals surface area contributed by atoms with Gasteiger partial charge in [0, 0.05) is 12.6 Å². The molecule has 0 unspecified atom stereocenters. The zero-order valence-electron chi connectivity index (χ0n) is 14.5. The number of nitrogens with one attached hydrogen (secondary N) is 1. The molecule has 0 radical (unpaired) electrons. The van der Waals surface area contributed by atoms with E-state index in [1.54, 1.807) is 0 Å². The van der Waals surface area contributed by atoms with Gasteiger partial charge in [-0.2, -0.15) is 22.0 Å². The lowest BCUT2D eigenvalue weighted by Crippen LogP contribution is -2.47. The Kier molecular flexibility index (Phi) is 4.81. The lowest BCUT2D eigenvalue weighted by molar-refractivity contribution is -0.296. The van der Waals surface area contributed by atoms with E-state index in [0.717, 1.165) is 18.2 Å². The number of rotatable bonds is 5. The Morgan fingerprint density at radius 1 is 1.04 bits per heavy atom. The molecule has 0 aromatic heterocycles. The van der Waals surface area contributed by atoms with Crippen molar-refractivity contribution in [1.82, 2.24) is 5.32 Å². The smallest absolute Gasteiger partial charge is 0.454 e. The second kappa shape index (κ2) is 6.72. The van der Waals surface area contributed by atoms with E-state index < -0.39 is 29.2 Å². The average molecular weight is 403 g/mol. The summed E-state index contributed by atoms with van der Waals surface area (Å²) in [7, 11) is 1.39. The van der Waals surface area contributed by atoms with Crippen molar-refractivity contribution in [2.45, 2.75) is 30.4 Å². The standard InChI is InChI=1S/C19H15F6NO2/c1-26-16(27)11-2-7-15(14(20)10-11)28-13-5-3-12(4-6-13)17(8-9-17)18(21,22)19(23,24)25/h2-7,10H,8-9H2,1H3,(H,26,27). The maximum atomic E-state index is 14.1. The Morgan fingerprint density at radius 3 is 2.11 bits per heavy atom. The number of amides is 1. The Hall–Kier alpha value is -2.71. The molecule has 2 aromatic rings. The van der Waals surface area contributed by atoms with Crippen molar-refractivity contribution in [3.63, 3.8) is 0 Å². The summed E-state index contributed by atoms with van der Waals surface area (Å²) in [6, 6.07) is 8.16. The van der Waals surface area contributed by atoms with Crippen molar-refractivity contribution >= 4 is 5.91 Å². The van der Waals surface area contributed by atoms with Gasteiger partial charge in [-0.3, -0.25) is 4.79 Å². The first-order valence-corrected chi connectivity index (χ1v) is 8.26. The number of alkyl halides is 5. The van der Waals surface area contributed by atoms with Gasteiger partial charge >= 0.3 is 12.1 Å². The first kappa shape index (κ1) is 20.0. The number of hydrogen-bond acceptors (Lipinski definition) is 2. The molecule has 1 aliphatic rings. The predicted molar refractivity (Wildman–Crippen MR) is 88.2 cm³/mol. The molecule has 1 aliphatic carbocycles. The molecule has 1 saturated carbocycles. The molecule has 0 aliphatic heterocycles. The van der Waals surface area contributed by atoms with Crippen LogP contribution in [-0.4, -0.2) is 25.1 Å². The quantitative estimate of drug-likeness (QED) is 0.697. The van der Waals surface area contributed by atoms with Gasteiger partial charge in [0.25, 0.3) is 5.91 Å². The van der Waals surface area contributed by atoms with Crippen molar-refractivity contribution in [1.29, 1.82) is 0 Å². The summed E-state index contributed by atoms with van der Waals surface area (Å²) in [5, 5.41) is 2.34. The lowest BCUT2D eigenvalue weighted by Gasteiger charge is -2.29. The summed E-state index contributed by atoms with van der Waals surface area (Å²) in [4.78, 5) is 11.5. The van der Waals surface area contributed by atoms with E-state index in [4.69, 9.17) is 4.74 Å². The molecule has 150 valence electrons. The normalized spacial score (nSPS) is 15.8. The van der Waals surface area contributed by atoms with Crippen molar-refractivity contribution in [3.8, 4) is 11.5 Å². The molecule has 1 N–H and O–H groups in total. The van der Waals surface area contributed by atoms with Crippen LogP contribution in [0.15, 0.2) is 42.5 Å². The van der Waals surface area contributed by atoms with Crippen LogP contribution in [0.2, 0.25) is 0 Å². The number of benzene rings is 2. The molecule has 0 atom stereocenters. The summed E-state index contributed by atoms with van der Waals surface area (Å²) in [6.07, 6.45) is -6.21. The van der Waals surface area contributed by atoms with E-state index >= 15 is 0 Å². The van der Waals surface area contributed by atoms with E-state index in [9.17, 15) is 31.1 Å². The summed E-state index contributed by atoms with van der Waals surface area (Å²) in [5.74, 6) is -6.32. The predicted octanol–water partition coefficient (Wildman–Crippen LogP) is 5.21.